The summed E-state index contributed by atoms with van der Waals surface area (Å²) in [6, 6.07) is 10.6. The summed E-state index contributed by atoms with van der Waals surface area (Å²) in [7, 11) is 2.85. The molecule has 0 aliphatic rings. The van der Waals surface area contributed by atoms with E-state index in [-0.39, 0.29) is 11.7 Å². The predicted molar refractivity (Wildman–Crippen MR) is 89.1 cm³/mol. The van der Waals surface area contributed by atoms with E-state index < -0.39 is 0 Å². The van der Waals surface area contributed by atoms with E-state index in [1.165, 1.54) is 14.2 Å². The number of halogens is 1. The molecule has 2 aromatic carbocycles. The van der Waals surface area contributed by atoms with Crippen molar-refractivity contribution in [2.45, 2.75) is 0 Å². The maximum absolute atomic E-state index is 11.4. The number of benzene rings is 2. The molecule has 0 unspecified atom stereocenters. The minimum absolute atomic E-state index is 0.0714. The Labute approximate surface area is 137 Å². The first-order valence-electron chi connectivity index (χ1n) is 6.48. The molecule has 0 saturated heterocycles. The molecule has 0 aliphatic carbocycles. The van der Waals surface area contributed by atoms with Crippen LogP contribution in [0.25, 0.3) is 12.2 Å². The molecule has 0 atom stereocenters. The van der Waals surface area contributed by atoms with Gasteiger partial charge in [0.15, 0.2) is 11.5 Å². The van der Waals surface area contributed by atoms with Gasteiger partial charge in [0.25, 0.3) is 0 Å². The van der Waals surface area contributed by atoms with Crippen LogP contribution >= 0.6 is 15.9 Å². The third-order valence-corrected chi connectivity index (χ3v) is 3.68. The summed E-state index contributed by atoms with van der Waals surface area (Å²) in [5, 5.41) is 9.77. The van der Waals surface area contributed by atoms with Gasteiger partial charge in [-0.15, -0.1) is 0 Å². The molecule has 22 heavy (non-hydrogen) atoms. The van der Waals surface area contributed by atoms with E-state index in [4.69, 9.17) is 4.74 Å². The number of hydrogen-bond acceptors (Lipinski definition) is 4. The summed E-state index contributed by atoms with van der Waals surface area (Å²) in [5.74, 6) is 0.111. The fourth-order valence-corrected chi connectivity index (χ4v) is 2.35. The van der Waals surface area contributed by atoms with E-state index in [1.54, 1.807) is 24.3 Å². The maximum Gasteiger partial charge on any atom is 0.337 e. The Morgan fingerprint density at radius 1 is 1.09 bits per heavy atom. The molecule has 0 amide bonds. The highest BCUT2D eigenvalue weighted by atomic mass is 79.9. The van der Waals surface area contributed by atoms with Gasteiger partial charge in [0, 0.05) is 0 Å². The summed E-state index contributed by atoms with van der Waals surface area (Å²) in [6.45, 7) is 0. The Kier molecular flexibility index (Phi) is 5.22. The molecule has 0 heterocycles. The van der Waals surface area contributed by atoms with Gasteiger partial charge < -0.3 is 14.6 Å². The van der Waals surface area contributed by atoms with E-state index in [2.05, 4.69) is 20.7 Å². The number of carbonyl (C=O) groups is 1. The van der Waals surface area contributed by atoms with Gasteiger partial charge in [0.2, 0.25) is 0 Å². The van der Waals surface area contributed by atoms with Crippen LogP contribution in [0, 0.1) is 0 Å². The van der Waals surface area contributed by atoms with Crippen LogP contribution in [0.3, 0.4) is 0 Å². The second kappa shape index (κ2) is 7.13. The van der Waals surface area contributed by atoms with Crippen molar-refractivity contribution < 1.29 is 19.4 Å². The second-order valence-corrected chi connectivity index (χ2v) is 5.35. The first-order chi connectivity index (χ1) is 10.5. The second-order valence-electron chi connectivity index (χ2n) is 4.50. The monoisotopic (exact) mass is 362 g/mol. The van der Waals surface area contributed by atoms with Crippen molar-refractivity contribution in [1.29, 1.82) is 0 Å². The molecule has 0 radical (unpaired) electrons. The lowest BCUT2D eigenvalue weighted by atomic mass is 10.1. The molecule has 2 rings (SSSR count). The summed E-state index contributed by atoms with van der Waals surface area (Å²) >= 11 is 3.28. The maximum atomic E-state index is 11.4. The quantitative estimate of drug-likeness (QED) is 0.656. The molecule has 0 saturated carbocycles. The van der Waals surface area contributed by atoms with Crippen LogP contribution in [0.1, 0.15) is 21.5 Å². The van der Waals surface area contributed by atoms with E-state index in [0.717, 1.165) is 11.1 Å². The molecule has 2 aromatic rings. The first-order valence-corrected chi connectivity index (χ1v) is 7.27. The molecule has 0 fully saturated rings. The van der Waals surface area contributed by atoms with Crippen LogP contribution in [0.15, 0.2) is 40.9 Å². The molecule has 5 heteroatoms. The average Bonchev–Trinajstić information content (AvgIpc) is 2.55. The largest absolute Gasteiger partial charge is 0.503 e. The molecule has 0 bridgehead atoms. The van der Waals surface area contributed by atoms with Crippen LogP contribution in [-0.2, 0) is 4.74 Å². The standard InChI is InChI=1S/C17H15BrO4/c1-21-15-10-12(9-14(18)16(15)19)4-3-11-5-7-13(8-6-11)17(20)22-2/h3-10,19H,1-2H3/b4-3+. The minimum Gasteiger partial charge on any atom is -0.503 e. The zero-order chi connectivity index (χ0) is 16.1. The Morgan fingerprint density at radius 2 is 1.73 bits per heavy atom. The molecule has 1 N–H and O–H groups in total. The molecule has 0 aromatic heterocycles. The van der Waals surface area contributed by atoms with Crippen LogP contribution in [0.4, 0.5) is 0 Å². The van der Waals surface area contributed by atoms with Gasteiger partial charge >= 0.3 is 5.97 Å². The Morgan fingerprint density at radius 3 is 2.32 bits per heavy atom. The van der Waals surface area contributed by atoms with Crippen molar-refractivity contribution in [3.8, 4) is 11.5 Å². The van der Waals surface area contributed by atoms with Crippen molar-refractivity contribution in [1.82, 2.24) is 0 Å². The average molecular weight is 363 g/mol. The lowest BCUT2D eigenvalue weighted by Gasteiger charge is -2.06. The Bertz CT molecular complexity index is 705. The van der Waals surface area contributed by atoms with Crippen LogP contribution in [0.2, 0.25) is 0 Å². The summed E-state index contributed by atoms with van der Waals surface area (Å²) < 4.78 is 10.3. The number of carbonyl (C=O) groups excluding carboxylic acids is 1. The summed E-state index contributed by atoms with van der Waals surface area (Å²) in [4.78, 5) is 11.4. The first kappa shape index (κ1) is 16.1. The van der Waals surface area contributed by atoms with E-state index in [0.29, 0.717) is 15.8 Å². The van der Waals surface area contributed by atoms with Crippen molar-refractivity contribution in [2.75, 3.05) is 14.2 Å². The number of phenols is 1. The van der Waals surface area contributed by atoms with Crippen LogP contribution < -0.4 is 4.74 Å². The number of phenolic OH excluding ortho intramolecular Hbond substituents is 1. The highest BCUT2D eigenvalue weighted by molar-refractivity contribution is 9.10. The van der Waals surface area contributed by atoms with Gasteiger partial charge in [-0.3, -0.25) is 0 Å². The molecular formula is C17H15BrO4. The fourth-order valence-electron chi connectivity index (χ4n) is 1.89. The van der Waals surface area contributed by atoms with E-state index in [1.807, 2.05) is 24.3 Å². The molecule has 4 nitrogen and oxygen atoms in total. The van der Waals surface area contributed by atoms with Crippen molar-refractivity contribution >= 4 is 34.1 Å². The number of rotatable bonds is 4. The summed E-state index contributed by atoms with van der Waals surface area (Å²) in [5.41, 5.74) is 2.32. The Balaban J connectivity index is 2.21. The number of ether oxygens (including phenoxy) is 2. The van der Waals surface area contributed by atoms with Gasteiger partial charge in [-0.2, -0.15) is 0 Å². The summed E-state index contributed by atoms with van der Waals surface area (Å²) in [6.07, 6.45) is 3.79. The van der Waals surface area contributed by atoms with Gasteiger partial charge in [0.05, 0.1) is 24.3 Å². The third kappa shape index (κ3) is 3.68. The Hall–Kier alpha value is -2.27. The van der Waals surface area contributed by atoms with Crippen molar-refractivity contribution in [3.63, 3.8) is 0 Å². The molecule has 114 valence electrons. The van der Waals surface area contributed by atoms with Crippen molar-refractivity contribution in [2.24, 2.45) is 0 Å². The van der Waals surface area contributed by atoms with E-state index >= 15 is 0 Å². The van der Waals surface area contributed by atoms with E-state index in [9.17, 15) is 9.90 Å². The highest BCUT2D eigenvalue weighted by Gasteiger charge is 2.07. The van der Waals surface area contributed by atoms with Crippen LogP contribution in [-0.4, -0.2) is 25.3 Å². The van der Waals surface area contributed by atoms with Gasteiger partial charge in [-0.05, 0) is 51.3 Å². The number of aromatic hydroxyl groups is 1. The lowest BCUT2D eigenvalue weighted by molar-refractivity contribution is 0.0600. The van der Waals surface area contributed by atoms with Crippen molar-refractivity contribution in [3.05, 3.63) is 57.6 Å². The highest BCUT2D eigenvalue weighted by Crippen LogP contribution is 2.35. The number of esters is 1. The number of methoxy groups -OCH3 is 2. The van der Waals surface area contributed by atoms with Gasteiger partial charge in [0.1, 0.15) is 0 Å². The zero-order valence-corrected chi connectivity index (χ0v) is 13.8. The normalized spacial score (nSPS) is 10.7. The molecular weight excluding hydrogens is 348 g/mol. The fraction of sp³-hybridized carbons (Fsp3) is 0.118. The SMILES string of the molecule is COC(=O)c1ccc(/C=C/c2cc(Br)c(O)c(OC)c2)cc1. The minimum atomic E-state index is -0.359. The molecule has 0 spiro atoms. The topological polar surface area (TPSA) is 55.8 Å². The van der Waals surface area contributed by atoms with Gasteiger partial charge in [-0.1, -0.05) is 24.3 Å². The lowest BCUT2D eigenvalue weighted by Crippen LogP contribution is -2.00. The molecule has 0 aliphatic heterocycles. The van der Waals surface area contributed by atoms with Crippen LogP contribution in [0.5, 0.6) is 11.5 Å². The van der Waals surface area contributed by atoms with Gasteiger partial charge in [-0.25, -0.2) is 4.79 Å². The number of hydrogen-bond donors (Lipinski definition) is 1. The third-order valence-electron chi connectivity index (χ3n) is 3.07. The smallest absolute Gasteiger partial charge is 0.337 e. The predicted octanol–water partition coefficient (Wildman–Crippen LogP) is 4.12. The zero-order valence-electron chi connectivity index (χ0n) is 12.2.